The van der Waals surface area contributed by atoms with Gasteiger partial charge in [-0.1, -0.05) is 135 Å². The Morgan fingerprint density at radius 3 is 1.62 bits per heavy atom. The van der Waals surface area contributed by atoms with E-state index in [4.69, 9.17) is 0 Å². The van der Waals surface area contributed by atoms with Gasteiger partial charge in [0, 0.05) is 5.41 Å². The fraction of sp³-hybridized carbons (Fsp3) is 0.118. The van der Waals surface area contributed by atoms with Crippen molar-refractivity contribution in [3.05, 3.63) is 144 Å². The average molecular weight is 437 g/mol. The summed E-state index contributed by atoms with van der Waals surface area (Å²) >= 11 is 0. The Morgan fingerprint density at radius 1 is 0.441 bits per heavy atom. The Labute approximate surface area is 202 Å². The van der Waals surface area contributed by atoms with Crippen LogP contribution in [0.4, 0.5) is 0 Å². The summed E-state index contributed by atoms with van der Waals surface area (Å²) in [5, 5.41) is 0. The Kier molecular flexibility index (Phi) is 4.96. The molecule has 5 aromatic rings. The van der Waals surface area contributed by atoms with Crippen molar-refractivity contribution < 1.29 is 0 Å². The molecule has 0 aliphatic heterocycles. The molecular weight excluding hydrogens is 408 g/mol. The fourth-order valence-corrected chi connectivity index (χ4v) is 5.40. The first-order chi connectivity index (χ1) is 16.6. The first-order valence-electron chi connectivity index (χ1n) is 12.1. The maximum absolute atomic E-state index is 2.42. The second-order valence-electron chi connectivity index (χ2n) is 9.87. The summed E-state index contributed by atoms with van der Waals surface area (Å²) < 4.78 is 0. The Hall–Kier alpha value is -3.90. The summed E-state index contributed by atoms with van der Waals surface area (Å²) in [6.07, 6.45) is 0.951. The predicted molar refractivity (Wildman–Crippen MR) is 144 cm³/mol. The highest BCUT2D eigenvalue weighted by Crippen LogP contribution is 2.48. The van der Waals surface area contributed by atoms with Gasteiger partial charge in [0.15, 0.2) is 0 Å². The van der Waals surface area contributed by atoms with E-state index in [1.165, 1.54) is 55.6 Å². The number of benzene rings is 5. The van der Waals surface area contributed by atoms with Gasteiger partial charge in [0.1, 0.15) is 0 Å². The summed E-state index contributed by atoms with van der Waals surface area (Å²) in [5.41, 5.74) is 13.4. The first kappa shape index (κ1) is 20.7. The number of rotatable bonds is 4. The molecule has 0 spiro atoms. The third-order valence-electron chi connectivity index (χ3n) is 7.34. The van der Waals surface area contributed by atoms with Crippen molar-refractivity contribution in [3.63, 3.8) is 0 Å². The molecule has 0 radical (unpaired) electrons. The Balaban J connectivity index is 1.22. The second-order valence-corrected chi connectivity index (χ2v) is 9.87. The average Bonchev–Trinajstić information content (AvgIpc) is 3.12. The molecule has 5 aromatic carbocycles. The summed E-state index contributed by atoms with van der Waals surface area (Å²) in [5.74, 6) is 0. The monoisotopic (exact) mass is 436 g/mol. The van der Waals surface area contributed by atoms with Gasteiger partial charge in [-0.3, -0.25) is 0 Å². The van der Waals surface area contributed by atoms with Gasteiger partial charge in [-0.25, -0.2) is 0 Å². The van der Waals surface area contributed by atoms with Gasteiger partial charge in [-0.05, 0) is 62.1 Å². The van der Waals surface area contributed by atoms with Crippen LogP contribution in [0.2, 0.25) is 0 Å². The van der Waals surface area contributed by atoms with Gasteiger partial charge in [-0.15, -0.1) is 0 Å². The van der Waals surface area contributed by atoms with E-state index in [0.29, 0.717) is 0 Å². The maximum atomic E-state index is 2.42. The largest absolute Gasteiger partial charge is 0.0622 e. The van der Waals surface area contributed by atoms with Crippen molar-refractivity contribution >= 4 is 0 Å². The van der Waals surface area contributed by atoms with Gasteiger partial charge in [0.2, 0.25) is 0 Å². The molecule has 34 heavy (non-hydrogen) atoms. The van der Waals surface area contributed by atoms with Crippen molar-refractivity contribution in [2.45, 2.75) is 25.7 Å². The highest BCUT2D eigenvalue weighted by molar-refractivity contribution is 5.81. The highest BCUT2D eigenvalue weighted by atomic mass is 14.4. The minimum absolute atomic E-state index is 0.0533. The van der Waals surface area contributed by atoms with Crippen molar-refractivity contribution in [2.75, 3.05) is 0 Å². The van der Waals surface area contributed by atoms with Crippen LogP contribution in [-0.4, -0.2) is 0 Å². The molecule has 0 atom stereocenters. The van der Waals surface area contributed by atoms with E-state index < -0.39 is 0 Å². The van der Waals surface area contributed by atoms with Crippen LogP contribution in [0.1, 0.15) is 36.1 Å². The quantitative estimate of drug-likeness (QED) is 0.264. The molecule has 1 aliphatic rings. The normalized spacial score (nSPS) is 13.4. The molecule has 0 fully saturated rings. The minimum Gasteiger partial charge on any atom is -0.0622 e. The molecule has 0 amide bonds. The molecule has 0 nitrogen and oxygen atoms in total. The topological polar surface area (TPSA) is 0 Å². The van der Waals surface area contributed by atoms with E-state index >= 15 is 0 Å². The highest BCUT2D eigenvalue weighted by Gasteiger charge is 2.34. The van der Waals surface area contributed by atoms with Gasteiger partial charge in [-0.2, -0.15) is 0 Å². The molecule has 1 aliphatic carbocycles. The standard InChI is InChI=1S/C34H28/c1-34(2)32-11-7-6-10-30(32)31-21-14-25(23-33(31)34)22-24-12-15-27(16-13-24)29-19-17-28(18-20-29)26-8-4-3-5-9-26/h3-21,23H,22H2,1-2H3. The molecule has 0 unspecified atom stereocenters. The molecule has 0 N–H and O–H groups in total. The lowest BCUT2D eigenvalue weighted by Crippen LogP contribution is -2.15. The van der Waals surface area contributed by atoms with E-state index in [2.05, 4.69) is 135 Å². The van der Waals surface area contributed by atoms with Gasteiger partial charge in [0.25, 0.3) is 0 Å². The maximum Gasteiger partial charge on any atom is 0.0158 e. The fourth-order valence-electron chi connectivity index (χ4n) is 5.40. The zero-order valence-electron chi connectivity index (χ0n) is 19.8. The van der Waals surface area contributed by atoms with E-state index in [9.17, 15) is 0 Å². The lowest BCUT2D eigenvalue weighted by Gasteiger charge is -2.22. The van der Waals surface area contributed by atoms with Crippen LogP contribution < -0.4 is 0 Å². The number of fused-ring (bicyclic) bond motifs is 3. The summed E-state index contributed by atoms with van der Waals surface area (Å²) in [6.45, 7) is 4.69. The molecule has 0 saturated heterocycles. The second kappa shape index (κ2) is 8.15. The van der Waals surface area contributed by atoms with Crippen LogP contribution in [-0.2, 0) is 11.8 Å². The molecule has 0 saturated carbocycles. The molecule has 0 aromatic heterocycles. The predicted octanol–water partition coefficient (Wildman–Crippen LogP) is 8.92. The SMILES string of the molecule is CC1(C)c2ccccc2-c2ccc(Cc3ccc(-c4ccc(-c5ccccc5)cc4)cc3)cc21. The molecule has 0 heterocycles. The third-order valence-corrected chi connectivity index (χ3v) is 7.34. The van der Waals surface area contributed by atoms with Crippen molar-refractivity contribution in [1.82, 2.24) is 0 Å². The minimum atomic E-state index is 0.0533. The van der Waals surface area contributed by atoms with E-state index in [1.54, 1.807) is 0 Å². The van der Waals surface area contributed by atoms with Crippen LogP contribution in [0.3, 0.4) is 0 Å². The summed E-state index contributed by atoms with van der Waals surface area (Å²) in [7, 11) is 0. The Morgan fingerprint density at radius 2 is 0.941 bits per heavy atom. The third kappa shape index (κ3) is 3.56. The molecule has 0 bridgehead atoms. The van der Waals surface area contributed by atoms with Crippen LogP contribution in [0.25, 0.3) is 33.4 Å². The lowest BCUT2D eigenvalue weighted by atomic mass is 9.81. The van der Waals surface area contributed by atoms with Crippen LogP contribution >= 0.6 is 0 Å². The van der Waals surface area contributed by atoms with E-state index in [1.807, 2.05) is 0 Å². The number of hydrogen-bond acceptors (Lipinski definition) is 0. The molecule has 164 valence electrons. The zero-order valence-corrected chi connectivity index (χ0v) is 19.8. The lowest BCUT2D eigenvalue weighted by molar-refractivity contribution is 0.659. The van der Waals surface area contributed by atoms with E-state index in [0.717, 1.165) is 6.42 Å². The van der Waals surface area contributed by atoms with Gasteiger partial charge in [0.05, 0.1) is 0 Å². The van der Waals surface area contributed by atoms with Crippen molar-refractivity contribution in [3.8, 4) is 33.4 Å². The summed E-state index contributed by atoms with van der Waals surface area (Å²) in [6, 6.07) is 44.3. The number of hydrogen-bond donors (Lipinski definition) is 0. The van der Waals surface area contributed by atoms with Crippen molar-refractivity contribution in [2.24, 2.45) is 0 Å². The first-order valence-corrected chi connectivity index (χ1v) is 12.1. The summed E-state index contributed by atoms with van der Waals surface area (Å²) in [4.78, 5) is 0. The molecular formula is C34H28. The smallest absolute Gasteiger partial charge is 0.0158 e. The van der Waals surface area contributed by atoms with E-state index in [-0.39, 0.29) is 5.41 Å². The van der Waals surface area contributed by atoms with Crippen LogP contribution in [0.15, 0.2) is 121 Å². The van der Waals surface area contributed by atoms with Gasteiger partial charge >= 0.3 is 0 Å². The zero-order chi connectivity index (χ0) is 23.1. The van der Waals surface area contributed by atoms with Crippen LogP contribution in [0.5, 0.6) is 0 Å². The van der Waals surface area contributed by atoms with Crippen molar-refractivity contribution in [1.29, 1.82) is 0 Å². The Bertz CT molecular complexity index is 1450. The molecule has 0 heteroatoms. The molecule has 6 rings (SSSR count). The van der Waals surface area contributed by atoms with Crippen LogP contribution in [0, 0.1) is 0 Å². The van der Waals surface area contributed by atoms with Gasteiger partial charge < -0.3 is 0 Å².